The van der Waals surface area contributed by atoms with Crippen molar-refractivity contribution in [2.24, 2.45) is 0 Å². The first-order valence-electron chi connectivity index (χ1n) is 6.98. The molecule has 1 heterocycles. The number of hydrogen-bond acceptors (Lipinski definition) is 5. The molecule has 1 rings (SSSR count). The molecule has 0 aliphatic heterocycles. The van der Waals surface area contributed by atoms with Crippen molar-refractivity contribution in [3.63, 3.8) is 0 Å². The van der Waals surface area contributed by atoms with Crippen LogP contribution in [0.1, 0.15) is 25.5 Å². The molecule has 0 aliphatic rings. The Kier molecular flexibility index (Phi) is 7.91. The van der Waals surface area contributed by atoms with Crippen molar-refractivity contribution in [2.75, 3.05) is 33.9 Å². The van der Waals surface area contributed by atoms with Gasteiger partial charge in [0.1, 0.15) is 0 Å². The molecule has 1 aromatic rings. The van der Waals surface area contributed by atoms with Crippen LogP contribution in [0, 0.1) is 0 Å². The van der Waals surface area contributed by atoms with E-state index in [4.69, 9.17) is 4.74 Å². The second-order valence-corrected chi connectivity index (χ2v) is 4.67. The Bertz CT molecular complexity index is 393. The Morgan fingerprint density at radius 1 is 1.40 bits per heavy atom. The van der Waals surface area contributed by atoms with Crippen molar-refractivity contribution in [1.82, 2.24) is 14.5 Å². The molecule has 20 heavy (non-hydrogen) atoms. The highest BCUT2D eigenvalue weighted by molar-refractivity contribution is 5.69. The van der Waals surface area contributed by atoms with Gasteiger partial charge in [0.05, 0.1) is 32.2 Å². The van der Waals surface area contributed by atoms with Crippen molar-refractivity contribution in [1.29, 1.82) is 0 Å². The summed E-state index contributed by atoms with van der Waals surface area (Å²) in [4.78, 5) is 17.6. The summed E-state index contributed by atoms with van der Waals surface area (Å²) in [5.74, 6) is -0.186. The lowest BCUT2D eigenvalue weighted by molar-refractivity contribution is -0.141. The zero-order chi connectivity index (χ0) is 14.8. The Morgan fingerprint density at radius 3 is 2.85 bits per heavy atom. The van der Waals surface area contributed by atoms with Gasteiger partial charge in [-0.1, -0.05) is 6.92 Å². The van der Waals surface area contributed by atoms with Gasteiger partial charge in [0.25, 0.3) is 0 Å². The fourth-order valence-corrected chi connectivity index (χ4v) is 1.99. The first kappa shape index (κ1) is 16.7. The number of methoxy groups -OCH3 is 2. The molecule has 114 valence electrons. The minimum atomic E-state index is -0.186. The van der Waals surface area contributed by atoms with E-state index in [1.54, 1.807) is 7.11 Å². The molecular weight excluding hydrogens is 258 g/mol. The number of esters is 1. The first-order valence-corrected chi connectivity index (χ1v) is 6.98. The molecule has 0 saturated carbocycles. The normalized spacial score (nSPS) is 11.0. The van der Waals surface area contributed by atoms with Gasteiger partial charge in [-0.3, -0.25) is 9.69 Å². The summed E-state index contributed by atoms with van der Waals surface area (Å²) in [5, 5.41) is 0. The Morgan fingerprint density at radius 2 is 2.20 bits per heavy atom. The number of imidazole rings is 1. The van der Waals surface area contributed by atoms with Gasteiger partial charge in [-0.05, 0) is 6.42 Å². The summed E-state index contributed by atoms with van der Waals surface area (Å²) >= 11 is 0. The van der Waals surface area contributed by atoms with Crippen LogP contribution >= 0.6 is 0 Å². The van der Waals surface area contributed by atoms with Gasteiger partial charge in [-0.2, -0.15) is 0 Å². The molecule has 0 bridgehead atoms. The highest BCUT2D eigenvalue weighted by Crippen LogP contribution is 2.07. The minimum Gasteiger partial charge on any atom is -0.469 e. The number of rotatable bonds is 10. The van der Waals surface area contributed by atoms with Gasteiger partial charge < -0.3 is 14.0 Å². The van der Waals surface area contributed by atoms with Crippen molar-refractivity contribution in [2.45, 2.75) is 32.9 Å². The number of aromatic nitrogens is 2. The predicted octanol–water partition coefficient (Wildman–Crippen LogP) is 1.30. The zero-order valence-electron chi connectivity index (χ0n) is 12.7. The van der Waals surface area contributed by atoms with Gasteiger partial charge in [0.15, 0.2) is 0 Å². The van der Waals surface area contributed by atoms with Crippen molar-refractivity contribution in [3.05, 3.63) is 18.2 Å². The molecule has 0 fully saturated rings. The van der Waals surface area contributed by atoms with E-state index in [9.17, 15) is 4.79 Å². The Hall–Kier alpha value is -1.40. The highest BCUT2D eigenvalue weighted by Gasteiger charge is 2.11. The molecule has 6 nitrogen and oxygen atoms in total. The topological polar surface area (TPSA) is 56.6 Å². The van der Waals surface area contributed by atoms with Crippen molar-refractivity contribution >= 4 is 5.97 Å². The number of nitrogens with zero attached hydrogens (tertiary/aromatic N) is 3. The molecule has 0 amide bonds. The smallest absolute Gasteiger partial charge is 0.306 e. The average molecular weight is 283 g/mol. The van der Waals surface area contributed by atoms with Crippen LogP contribution in [0.15, 0.2) is 12.5 Å². The first-order chi connectivity index (χ1) is 9.71. The van der Waals surface area contributed by atoms with Crippen molar-refractivity contribution < 1.29 is 14.3 Å². The lowest BCUT2D eigenvalue weighted by Crippen LogP contribution is -2.30. The molecule has 0 atom stereocenters. The monoisotopic (exact) mass is 283 g/mol. The third kappa shape index (κ3) is 5.71. The summed E-state index contributed by atoms with van der Waals surface area (Å²) in [6.45, 7) is 5.95. The second kappa shape index (κ2) is 9.50. The molecule has 0 aliphatic carbocycles. The van der Waals surface area contributed by atoms with Crippen molar-refractivity contribution in [3.8, 4) is 0 Å². The molecule has 0 radical (unpaired) electrons. The molecule has 0 aromatic carbocycles. The van der Waals surface area contributed by atoms with E-state index in [0.29, 0.717) is 19.6 Å². The average Bonchev–Trinajstić information content (AvgIpc) is 2.89. The van der Waals surface area contributed by atoms with E-state index < -0.39 is 0 Å². The molecule has 1 aromatic heterocycles. The van der Waals surface area contributed by atoms with E-state index in [2.05, 4.69) is 26.1 Å². The van der Waals surface area contributed by atoms with Gasteiger partial charge >= 0.3 is 5.97 Å². The van der Waals surface area contributed by atoms with Gasteiger partial charge in [0.2, 0.25) is 0 Å². The maximum atomic E-state index is 11.3. The van der Waals surface area contributed by atoms with Crippen LogP contribution in [-0.2, 0) is 27.4 Å². The maximum absolute atomic E-state index is 11.3. The summed E-state index contributed by atoms with van der Waals surface area (Å²) in [5.41, 5.74) is 1.16. The molecule has 6 heteroatoms. The van der Waals surface area contributed by atoms with Crippen LogP contribution in [0.25, 0.3) is 0 Å². The zero-order valence-corrected chi connectivity index (χ0v) is 12.7. The largest absolute Gasteiger partial charge is 0.469 e. The third-order valence-corrected chi connectivity index (χ3v) is 3.12. The van der Waals surface area contributed by atoms with E-state index in [1.165, 1.54) is 7.11 Å². The number of ether oxygens (including phenoxy) is 2. The molecule has 0 saturated heterocycles. The summed E-state index contributed by atoms with van der Waals surface area (Å²) < 4.78 is 12.0. The molecular formula is C14H25N3O3. The summed E-state index contributed by atoms with van der Waals surface area (Å²) in [6, 6.07) is 0. The van der Waals surface area contributed by atoms with Crippen LogP contribution in [0.4, 0.5) is 0 Å². The quantitative estimate of drug-likeness (QED) is 0.606. The molecule has 0 N–H and O–H groups in total. The third-order valence-electron chi connectivity index (χ3n) is 3.12. The lowest BCUT2D eigenvalue weighted by atomic mass is 10.3. The van der Waals surface area contributed by atoms with Gasteiger partial charge in [-0.25, -0.2) is 4.98 Å². The fraction of sp³-hybridized carbons (Fsp3) is 0.714. The van der Waals surface area contributed by atoms with Crippen LogP contribution in [0.2, 0.25) is 0 Å². The van der Waals surface area contributed by atoms with Crippen LogP contribution in [0.3, 0.4) is 0 Å². The maximum Gasteiger partial charge on any atom is 0.306 e. The second-order valence-electron chi connectivity index (χ2n) is 4.67. The SMILES string of the molecule is CCCn1cncc1CN(CCOC)CCC(=O)OC. The van der Waals surface area contributed by atoms with Crippen LogP contribution in [0.5, 0.6) is 0 Å². The number of aryl methyl sites for hydroxylation is 1. The van der Waals surface area contributed by atoms with Gasteiger partial charge in [-0.15, -0.1) is 0 Å². The lowest BCUT2D eigenvalue weighted by Gasteiger charge is -2.22. The highest BCUT2D eigenvalue weighted by atomic mass is 16.5. The Balaban J connectivity index is 2.57. The summed E-state index contributed by atoms with van der Waals surface area (Å²) in [6.07, 6.45) is 5.20. The van der Waals surface area contributed by atoms with Crippen LogP contribution < -0.4 is 0 Å². The minimum absolute atomic E-state index is 0.186. The number of carbonyl (C=O) groups excluding carboxylic acids is 1. The molecule has 0 spiro atoms. The van der Waals surface area contributed by atoms with Gasteiger partial charge in [0, 0.05) is 39.5 Å². The summed E-state index contributed by atoms with van der Waals surface area (Å²) in [7, 11) is 3.10. The Labute approximate surface area is 120 Å². The number of carbonyl (C=O) groups is 1. The van der Waals surface area contributed by atoms with E-state index in [-0.39, 0.29) is 5.97 Å². The van der Waals surface area contributed by atoms with E-state index in [0.717, 1.165) is 31.7 Å². The standard InChI is InChI=1S/C14H25N3O3/c1-4-6-17-12-15-10-13(17)11-16(8-9-19-2)7-5-14(18)20-3/h10,12H,4-9,11H2,1-3H3. The van der Waals surface area contributed by atoms with E-state index in [1.807, 2.05) is 12.5 Å². The number of hydrogen-bond donors (Lipinski definition) is 0. The van der Waals surface area contributed by atoms with Crippen LogP contribution in [-0.4, -0.2) is 54.3 Å². The molecule has 0 unspecified atom stereocenters. The predicted molar refractivity (Wildman–Crippen MR) is 76.3 cm³/mol. The van der Waals surface area contributed by atoms with E-state index >= 15 is 0 Å². The fourth-order valence-electron chi connectivity index (χ4n) is 1.99.